The normalized spacial score (nSPS) is 12.5. The minimum atomic E-state index is -1.28. The Bertz CT molecular complexity index is 1500. The van der Waals surface area contributed by atoms with Crippen molar-refractivity contribution >= 4 is 40.3 Å². The van der Waals surface area contributed by atoms with E-state index in [4.69, 9.17) is 16.9 Å². The smallest absolute Gasteiger partial charge is 0.408 e. The number of anilines is 1. The van der Waals surface area contributed by atoms with Gasteiger partial charge in [-0.3, -0.25) is 19.3 Å². The molecule has 4 N–H and O–H groups in total. The number of carbonyl (C=O) groups is 4. The lowest BCUT2D eigenvalue weighted by molar-refractivity contribution is -0.137. The van der Waals surface area contributed by atoms with Gasteiger partial charge in [-0.1, -0.05) is 55.0 Å². The Balaban J connectivity index is 2.00. The highest BCUT2D eigenvalue weighted by Crippen LogP contribution is 2.27. The second-order valence-electron chi connectivity index (χ2n) is 10.8. The molecule has 2 atom stereocenters. The van der Waals surface area contributed by atoms with Crippen molar-refractivity contribution in [3.05, 3.63) is 77.4 Å². The molecule has 0 aliphatic rings. The first-order valence-corrected chi connectivity index (χ1v) is 13.2. The van der Waals surface area contributed by atoms with Crippen molar-refractivity contribution in [3.8, 4) is 12.5 Å². The first-order chi connectivity index (χ1) is 19.3. The largest absolute Gasteiger partial charge is 0.444 e. The predicted octanol–water partition coefficient (Wildman–Crippen LogP) is 4.71. The van der Waals surface area contributed by atoms with Crippen LogP contribution < -0.4 is 16.4 Å². The average Bonchev–Trinajstić information content (AvgIpc) is 2.89. The summed E-state index contributed by atoms with van der Waals surface area (Å²) in [6.07, 6.45) is 4.63. The van der Waals surface area contributed by atoms with Crippen molar-refractivity contribution in [3.63, 3.8) is 0 Å². The van der Waals surface area contributed by atoms with Gasteiger partial charge < -0.3 is 21.1 Å². The molecule has 0 saturated heterocycles. The van der Waals surface area contributed by atoms with Crippen LogP contribution in [0.5, 0.6) is 0 Å². The predicted molar refractivity (Wildman–Crippen MR) is 158 cm³/mol. The maximum Gasteiger partial charge on any atom is 0.408 e. The molecule has 214 valence electrons. The van der Waals surface area contributed by atoms with E-state index in [-0.39, 0.29) is 12.8 Å². The number of nitrogens with one attached hydrogen (secondary N) is 2. The maximum absolute atomic E-state index is 13.9. The summed E-state index contributed by atoms with van der Waals surface area (Å²) < 4.78 is 5.31. The van der Waals surface area contributed by atoms with Crippen LogP contribution in [-0.2, 0) is 19.1 Å². The number of hydrogen-bond donors (Lipinski definition) is 3. The quantitative estimate of drug-likeness (QED) is 0.259. The highest BCUT2D eigenvalue weighted by molar-refractivity contribution is 6.01. The van der Waals surface area contributed by atoms with Gasteiger partial charge in [0.15, 0.2) is 0 Å². The number of primary amides is 1. The molecule has 0 saturated carbocycles. The maximum atomic E-state index is 13.9. The van der Waals surface area contributed by atoms with Crippen LogP contribution >= 0.6 is 0 Å². The number of amides is 4. The van der Waals surface area contributed by atoms with Gasteiger partial charge in [0.2, 0.25) is 5.91 Å². The molecule has 9 heteroatoms. The van der Waals surface area contributed by atoms with Gasteiger partial charge in [0, 0.05) is 18.2 Å². The second kappa shape index (κ2) is 13.0. The molecule has 0 aliphatic heterocycles. The number of carbonyl (C=O) groups excluding carboxylic acids is 4. The molecule has 2 unspecified atom stereocenters. The lowest BCUT2D eigenvalue weighted by Gasteiger charge is -2.30. The number of rotatable bonds is 9. The van der Waals surface area contributed by atoms with Gasteiger partial charge in [0.25, 0.3) is 11.8 Å². The third-order valence-electron chi connectivity index (χ3n) is 6.42. The number of nitrogens with zero attached hydrogens (tertiary/aromatic N) is 1. The van der Waals surface area contributed by atoms with E-state index >= 15 is 0 Å². The Morgan fingerprint density at radius 1 is 0.976 bits per heavy atom. The van der Waals surface area contributed by atoms with E-state index < -0.39 is 41.5 Å². The summed E-state index contributed by atoms with van der Waals surface area (Å²) in [7, 11) is 0. The van der Waals surface area contributed by atoms with Crippen LogP contribution in [0.25, 0.3) is 10.8 Å². The number of nitrogens with two attached hydrogens (primary N) is 1. The lowest BCUT2D eigenvalue weighted by Crippen LogP contribution is -2.51. The molecular weight excluding hydrogens is 520 g/mol. The zero-order valence-corrected chi connectivity index (χ0v) is 24.0. The number of fused-ring (bicyclic) bond motifs is 1. The first kappa shape index (κ1) is 30.7. The Hall–Kier alpha value is -4.84. The summed E-state index contributed by atoms with van der Waals surface area (Å²) in [4.78, 5) is 52.8. The van der Waals surface area contributed by atoms with E-state index in [1.807, 2.05) is 56.3 Å². The van der Waals surface area contributed by atoms with Crippen LogP contribution in [0.3, 0.4) is 0 Å². The molecule has 3 rings (SSSR count). The highest BCUT2D eigenvalue weighted by Gasteiger charge is 2.36. The molecule has 9 nitrogen and oxygen atoms in total. The summed E-state index contributed by atoms with van der Waals surface area (Å²) >= 11 is 0. The summed E-state index contributed by atoms with van der Waals surface area (Å²) in [5.74, 6) is -1.99. The minimum absolute atomic E-state index is 0.141. The Morgan fingerprint density at radius 2 is 1.66 bits per heavy atom. The fourth-order valence-corrected chi connectivity index (χ4v) is 4.26. The zero-order chi connectivity index (χ0) is 30.3. The van der Waals surface area contributed by atoms with Crippen LogP contribution in [0.15, 0.2) is 60.7 Å². The number of ether oxygens (including phenoxy) is 1. The lowest BCUT2D eigenvalue weighted by atomic mass is 9.98. The van der Waals surface area contributed by atoms with Gasteiger partial charge in [0.05, 0.1) is 0 Å². The summed E-state index contributed by atoms with van der Waals surface area (Å²) in [6.45, 7) is 8.84. The van der Waals surface area contributed by atoms with Crippen LogP contribution in [-0.4, -0.2) is 40.4 Å². The monoisotopic (exact) mass is 556 g/mol. The Kier molecular flexibility index (Phi) is 9.74. The number of benzene rings is 3. The molecule has 41 heavy (non-hydrogen) atoms. The van der Waals surface area contributed by atoms with Crippen molar-refractivity contribution < 1.29 is 23.9 Å². The highest BCUT2D eigenvalue weighted by atomic mass is 16.6. The number of alkyl carbamates (subject to hydrolysis) is 1. The standard InChI is InChI=1S/C32H36N4O5/c1-7-36(30(39)26(16-17-27(33)37)35-31(40)41-32(4,5)6)28(24-13-12-20(2)21(3)18-24)29(38)34-25-15-14-22-10-8-9-11-23(22)19-25/h1,8-15,18-19,26,28H,16-17H2,2-6H3,(H2,33,37)(H,34,38)(H,35,40). The van der Waals surface area contributed by atoms with Crippen LogP contribution in [0.2, 0.25) is 0 Å². The van der Waals surface area contributed by atoms with Gasteiger partial charge >= 0.3 is 6.09 Å². The van der Waals surface area contributed by atoms with Crippen LogP contribution in [0.1, 0.15) is 56.3 Å². The number of aryl methyl sites for hydroxylation is 2. The van der Waals surface area contributed by atoms with Crippen LogP contribution in [0, 0.1) is 26.3 Å². The molecule has 0 spiro atoms. The molecule has 3 aromatic rings. The van der Waals surface area contributed by atoms with Gasteiger partial charge in [-0.25, -0.2) is 4.79 Å². The van der Waals surface area contributed by atoms with Crippen molar-refractivity contribution in [2.75, 3.05) is 5.32 Å². The van der Waals surface area contributed by atoms with Gasteiger partial charge in [0.1, 0.15) is 17.7 Å². The molecule has 0 heterocycles. The molecule has 0 aromatic heterocycles. The zero-order valence-electron chi connectivity index (χ0n) is 24.0. The third-order valence-corrected chi connectivity index (χ3v) is 6.42. The minimum Gasteiger partial charge on any atom is -0.444 e. The molecular formula is C32H36N4O5. The van der Waals surface area contributed by atoms with Crippen molar-refractivity contribution in [2.45, 2.75) is 65.1 Å². The molecule has 0 radical (unpaired) electrons. The van der Waals surface area contributed by atoms with Gasteiger partial charge in [-0.05, 0) is 80.6 Å². The molecule has 3 aromatic carbocycles. The van der Waals surface area contributed by atoms with E-state index in [9.17, 15) is 19.2 Å². The van der Waals surface area contributed by atoms with Crippen LogP contribution in [0.4, 0.5) is 10.5 Å². The summed E-state index contributed by atoms with van der Waals surface area (Å²) in [6, 6.07) is 18.3. The summed E-state index contributed by atoms with van der Waals surface area (Å²) in [5, 5.41) is 7.30. The molecule has 0 aliphatic carbocycles. The fourth-order valence-electron chi connectivity index (χ4n) is 4.26. The molecule has 0 fully saturated rings. The van der Waals surface area contributed by atoms with E-state index in [1.165, 1.54) is 0 Å². The molecule has 4 amide bonds. The Labute approximate surface area is 240 Å². The van der Waals surface area contributed by atoms with Gasteiger partial charge in [-0.2, -0.15) is 0 Å². The van der Waals surface area contributed by atoms with Gasteiger partial charge in [-0.15, -0.1) is 0 Å². The van der Waals surface area contributed by atoms with E-state index in [0.29, 0.717) is 11.3 Å². The Morgan fingerprint density at radius 3 is 2.27 bits per heavy atom. The topological polar surface area (TPSA) is 131 Å². The summed E-state index contributed by atoms with van der Waals surface area (Å²) in [5.41, 5.74) is 7.37. The number of hydrogen-bond acceptors (Lipinski definition) is 5. The van der Waals surface area contributed by atoms with Crippen molar-refractivity contribution in [1.29, 1.82) is 0 Å². The molecule has 0 bridgehead atoms. The number of terminal acetylenes is 1. The first-order valence-electron chi connectivity index (χ1n) is 13.2. The average molecular weight is 557 g/mol. The van der Waals surface area contributed by atoms with E-state index in [2.05, 4.69) is 16.7 Å². The second-order valence-corrected chi connectivity index (χ2v) is 10.8. The van der Waals surface area contributed by atoms with E-state index in [0.717, 1.165) is 26.8 Å². The third kappa shape index (κ3) is 8.32. The van der Waals surface area contributed by atoms with E-state index in [1.54, 1.807) is 39.0 Å². The van der Waals surface area contributed by atoms with Crippen molar-refractivity contribution in [2.24, 2.45) is 5.73 Å². The van der Waals surface area contributed by atoms with Crippen molar-refractivity contribution in [1.82, 2.24) is 10.2 Å². The fraction of sp³-hybridized carbons (Fsp3) is 0.312. The SMILES string of the molecule is C#CN(C(=O)C(CCC(N)=O)NC(=O)OC(C)(C)C)C(C(=O)Nc1ccc2ccccc2c1)c1ccc(C)c(C)c1.